The molecule has 0 saturated carbocycles. The monoisotopic (exact) mass is 484 g/mol. The highest BCUT2D eigenvalue weighted by molar-refractivity contribution is 6.21. The van der Waals surface area contributed by atoms with Crippen LogP contribution in [0.2, 0.25) is 0 Å². The van der Waals surface area contributed by atoms with Crippen LogP contribution in [0.25, 0.3) is 0 Å². The number of aliphatic hydroxyl groups is 4. The summed E-state index contributed by atoms with van der Waals surface area (Å²) in [5.74, 6) is -6.62. The molecule has 0 aromatic heterocycles. The second kappa shape index (κ2) is 8.01. The molecule has 0 saturated heterocycles. The molecule has 4 aliphatic carbocycles. The van der Waals surface area contributed by atoms with Gasteiger partial charge in [-0.2, -0.15) is 0 Å². The zero-order valence-electron chi connectivity index (χ0n) is 20.3. The molecule has 0 aromatic carbocycles. The Kier molecular flexibility index (Phi) is 5.74. The fourth-order valence-electron chi connectivity index (χ4n) is 6.58. The molecule has 0 radical (unpaired) electrons. The number of fused-ring (bicyclic) bond motifs is 2. The van der Waals surface area contributed by atoms with Crippen LogP contribution in [0.4, 0.5) is 0 Å². The summed E-state index contributed by atoms with van der Waals surface area (Å²) in [4.78, 5) is 38.2. The van der Waals surface area contributed by atoms with Gasteiger partial charge < -0.3 is 31.9 Å². The number of rotatable bonds is 3. The van der Waals surface area contributed by atoms with Gasteiger partial charge in [0.15, 0.2) is 17.2 Å². The first-order valence-electron chi connectivity index (χ1n) is 11.7. The molecule has 9 heteroatoms. The lowest BCUT2D eigenvalue weighted by atomic mass is 9.50. The van der Waals surface area contributed by atoms with E-state index in [1.807, 2.05) is 13.8 Å². The van der Waals surface area contributed by atoms with Gasteiger partial charge in [0.05, 0.1) is 0 Å². The van der Waals surface area contributed by atoms with Gasteiger partial charge in [-0.15, -0.1) is 0 Å². The van der Waals surface area contributed by atoms with Crippen molar-refractivity contribution >= 4 is 17.5 Å². The number of hydrogen-bond donors (Lipinski definition) is 6. The Morgan fingerprint density at radius 2 is 1.80 bits per heavy atom. The van der Waals surface area contributed by atoms with E-state index < -0.39 is 63.5 Å². The van der Waals surface area contributed by atoms with E-state index in [9.17, 15) is 34.8 Å². The van der Waals surface area contributed by atoms with Crippen LogP contribution in [-0.2, 0) is 14.4 Å². The molecule has 8 N–H and O–H groups in total. The molecule has 1 amide bonds. The first-order chi connectivity index (χ1) is 16.2. The minimum absolute atomic E-state index is 0.0197. The van der Waals surface area contributed by atoms with E-state index in [-0.39, 0.29) is 36.5 Å². The Bertz CT molecular complexity index is 1210. The van der Waals surface area contributed by atoms with Gasteiger partial charge >= 0.3 is 0 Å². The van der Waals surface area contributed by atoms with E-state index in [0.717, 1.165) is 11.1 Å². The molecule has 188 valence electrons. The van der Waals surface area contributed by atoms with Crippen molar-refractivity contribution in [2.45, 2.75) is 52.2 Å². The van der Waals surface area contributed by atoms with Crippen molar-refractivity contribution in [3.05, 3.63) is 57.1 Å². The minimum atomic E-state index is -2.55. The summed E-state index contributed by atoms with van der Waals surface area (Å²) in [7, 11) is 0. The molecule has 5 atom stereocenters. The summed E-state index contributed by atoms with van der Waals surface area (Å²) in [5, 5.41) is 45.8. The molecular weight excluding hydrogens is 452 g/mol. The molecule has 0 aromatic rings. The standard InChI is InChI=1S/C26H32N2O7/c1-10(2)12-5-6-15(29)17-13(12)7-25(9-27)8-14-16(11(3)4)20(30)18(24(28)34)22(32)26(14,35)23(33)19(25)21(17)31/h5-6,11,14,16,21,31-33,35H,7-9,27H2,1-4H3,(H2,28,34). The average Bonchev–Trinajstić information content (AvgIpc) is 2.75. The van der Waals surface area contributed by atoms with Gasteiger partial charge in [-0.1, -0.05) is 25.5 Å². The van der Waals surface area contributed by atoms with Crippen LogP contribution in [0.15, 0.2) is 57.1 Å². The lowest BCUT2D eigenvalue weighted by Crippen LogP contribution is -2.62. The van der Waals surface area contributed by atoms with Crippen LogP contribution < -0.4 is 11.5 Å². The van der Waals surface area contributed by atoms with Crippen molar-refractivity contribution in [2.75, 3.05) is 6.54 Å². The molecule has 0 aliphatic heterocycles. The number of primary amides is 1. The number of allylic oxidation sites excluding steroid dienone is 5. The van der Waals surface area contributed by atoms with E-state index >= 15 is 0 Å². The number of nitrogens with two attached hydrogens (primary N) is 2. The molecule has 0 fully saturated rings. The Morgan fingerprint density at radius 3 is 2.31 bits per heavy atom. The molecule has 9 nitrogen and oxygen atoms in total. The van der Waals surface area contributed by atoms with Crippen molar-refractivity contribution in [3.8, 4) is 0 Å². The number of Topliss-reactive ketones (excluding diaryl/α,β-unsaturated/α-hetero) is 1. The predicted octanol–water partition coefficient (Wildman–Crippen LogP) is 1.18. The number of amides is 1. The number of carbonyl (C=O) groups is 3. The third-order valence-corrected chi connectivity index (χ3v) is 8.19. The van der Waals surface area contributed by atoms with Crippen LogP contribution in [-0.4, -0.2) is 56.1 Å². The third-order valence-electron chi connectivity index (χ3n) is 8.19. The van der Waals surface area contributed by atoms with E-state index in [4.69, 9.17) is 11.5 Å². The second-order valence-corrected chi connectivity index (χ2v) is 10.6. The van der Waals surface area contributed by atoms with Gasteiger partial charge in [0, 0.05) is 34.9 Å². The van der Waals surface area contributed by atoms with Gasteiger partial charge in [-0.05, 0) is 49.8 Å². The molecule has 0 spiro atoms. The highest BCUT2D eigenvalue weighted by atomic mass is 16.4. The Balaban J connectivity index is 2.07. The van der Waals surface area contributed by atoms with Gasteiger partial charge in [-0.25, -0.2) is 0 Å². The lowest BCUT2D eigenvalue weighted by molar-refractivity contribution is -0.140. The fourth-order valence-corrected chi connectivity index (χ4v) is 6.58. The quantitative estimate of drug-likeness (QED) is 0.323. The maximum atomic E-state index is 13.3. The normalized spacial score (nSPS) is 34.9. The van der Waals surface area contributed by atoms with Crippen LogP contribution in [0.3, 0.4) is 0 Å². The predicted molar refractivity (Wildman–Crippen MR) is 127 cm³/mol. The van der Waals surface area contributed by atoms with Crippen molar-refractivity contribution < 1.29 is 34.8 Å². The molecule has 4 aliphatic rings. The minimum Gasteiger partial charge on any atom is -0.509 e. The highest BCUT2D eigenvalue weighted by Crippen LogP contribution is 2.61. The summed E-state index contributed by atoms with van der Waals surface area (Å²) in [6, 6.07) is 0. The molecule has 35 heavy (non-hydrogen) atoms. The lowest BCUT2D eigenvalue weighted by Gasteiger charge is -2.56. The van der Waals surface area contributed by atoms with Gasteiger partial charge in [0.25, 0.3) is 5.91 Å². The molecule has 0 heterocycles. The number of ketones is 2. The van der Waals surface area contributed by atoms with Gasteiger partial charge in [0.1, 0.15) is 23.2 Å². The van der Waals surface area contributed by atoms with Gasteiger partial charge in [0.2, 0.25) is 0 Å². The zero-order chi connectivity index (χ0) is 26.2. The average molecular weight is 485 g/mol. The fraction of sp³-hybridized carbons (Fsp3) is 0.500. The first-order valence-corrected chi connectivity index (χ1v) is 11.7. The summed E-state index contributed by atoms with van der Waals surface area (Å²) in [6.07, 6.45) is 1.62. The largest absolute Gasteiger partial charge is 0.509 e. The number of carbonyl (C=O) groups excluding carboxylic acids is 3. The van der Waals surface area contributed by atoms with Crippen LogP contribution in [0.5, 0.6) is 0 Å². The van der Waals surface area contributed by atoms with Crippen LogP contribution in [0, 0.1) is 23.2 Å². The summed E-state index contributed by atoms with van der Waals surface area (Å²) in [6.45, 7) is 7.17. The summed E-state index contributed by atoms with van der Waals surface area (Å²) >= 11 is 0. The Hall–Kier alpha value is -3.01. The van der Waals surface area contributed by atoms with Crippen LogP contribution in [0.1, 0.15) is 40.5 Å². The maximum absolute atomic E-state index is 13.3. The van der Waals surface area contributed by atoms with Crippen molar-refractivity contribution in [3.63, 3.8) is 0 Å². The van der Waals surface area contributed by atoms with E-state index in [2.05, 4.69) is 0 Å². The van der Waals surface area contributed by atoms with Crippen molar-refractivity contribution in [2.24, 2.45) is 34.6 Å². The maximum Gasteiger partial charge on any atom is 0.255 e. The smallest absolute Gasteiger partial charge is 0.255 e. The SMILES string of the molecule is CC(C)=C1C=CC(=O)C2=C1CC1(CN)CC3C(C(C)C)C(=O)C(C(N)=O)=C(O)C3(O)C(O)=C1C2O. The van der Waals surface area contributed by atoms with E-state index in [0.29, 0.717) is 5.57 Å². The summed E-state index contributed by atoms with van der Waals surface area (Å²) in [5.41, 5.74) is 9.52. The Morgan fingerprint density at radius 1 is 1.17 bits per heavy atom. The first kappa shape index (κ1) is 25.1. The topological polar surface area (TPSA) is 184 Å². The third kappa shape index (κ3) is 3.15. The highest BCUT2D eigenvalue weighted by Gasteiger charge is 2.65. The molecule has 4 rings (SSSR count). The van der Waals surface area contributed by atoms with Gasteiger partial charge in [-0.3, -0.25) is 14.4 Å². The van der Waals surface area contributed by atoms with E-state index in [1.165, 1.54) is 6.08 Å². The second-order valence-electron chi connectivity index (χ2n) is 10.6. The number of aliphatic hydroxyl groups excluding tert-OH is 3. The molecule has 0 bridgehead atoms. The zero-order valence-corrected chi connectivity index (χ0v) is 20.3. The summed E-state index contributed by atoms with van der Waals surface area (Å²) < 4.78 is 0. The number of hydrogen-bond acceptors (Lipinski definition) is 8. The van der Waals surface area contributed by atoms with E-state index in [1.54, 1.807) is 19.9 Å². The van der Waals surface area contributed by atoms with Crippen molar-refractivity contribution in [1.82, 2.24) is 0 Å². The molecular formula is C26H32N2O7. The molecule has 5 unspecified atom stereocenters. The van der Waals surface area contributed by atoms with Crippen LogP contribution >= 0.6 is 0 Å². The van der Waals surface area contributed by atoms with Crippen molar-refractivity contribution in [1.29, 1.82) is 0 Å². The Labute approximate surface area is 203 Å².